The Labute approximate surface area is 224 Å². The van der Waals surface area contributed by atoms with Crippen LogP contribution in [-0.2, 0) is 13.1 Å². The lowest BCUT2D eigenvalue weighted by Gasteiger charge is -2.31. The van der Waals surface area contributed by atoms with Crippen LogP contribution in [0.1, 0.15) is 56.3 Å². The van der Waals surface area contributed by atoms with Gasteiger partial charge in [-0.2, -0.15) is 0 Å². The molecule has 0 atom stereocenters. The number of nitrogens with zero attached hydrogens (tertiary/aromatic N) is 3. The molecule has 0 unspecified atom stereocenters. The van der Waals surface area contributed by atoms with Crippen LogP contribution >= 0.6 is 0 Å². The second-order valence-electron chi connectivity index (χ2n) is 10.4. The van der Waals surface area contributed by atoms with E-state index in [1.54, 1.807) is 30.3 Å². The van der Waals surface area contributed by atoms with Crippen LogP contribution in [0.2, 0.25) is 0 Å². The van der Waals surface area contributed by atoms with Crippen LogP contribution in [0.4, 0.5) is 4.39 Å². The topological polar surface area (TPSA) is 66.7 Å². The fraction of sp³-hybridized carbons (Fsp3) is 0.219. The second-order valence-corrected chi connectivity index (χ2v) is 10.4. The molecule has 5 aromatic rings. The zero-order valence-electron chi connectivity index (χ0n) is 21.3. The van der Waals surface area contributed by atoms with Gasteiger partial charge in [-0.3, -0.25) is 19.4 Å². The highest BCUT2D eigenvalue weighted by Crippen LogP contribution is 2.34. The number of amides is 2. The van der Waals surface area contributed by atoms with E-state index in [-0.39, 0.29) is 30.1 Å². The molecule has 0 radical (unpaired) electrons. The fourth-order valence-corrected chi connectivity index (χ4v) is 6.15. The van der Waals surface area contributed by atoms with Gasteiger partial charge in [-0.25, -0.2) is 4.39 Å². The number of carbonyl (C=O) groups excluding carboxylic acids is 2. The highest BCUT2D eigenvalue weighted by molar-refractivity contribution is 6.21. The SMILES string of the molecule is O=C1c2ccccc2C(=O)N1Cc1cccc2cccc(CN3CCC(c4noc5cc(F)ccc45)CC3)c12. The molecule has 0 spiro atoms. The molecule has 6 nitrogen and oxygen atoms in total. The molecule has 1 fully saturated rings. The van der Waals surface area contributed by atoms with Crippen LogP contribution < -0.4 is 0 Å². The van der Waals surface area contributed by atoms with E-state index in [1.165, 1.54) is 22.6 Å². The van der Waals surface area contributed by atoms with Gasteiger partial charge in [0.2, 0.25) is 0 Å². The van der Waals surface area contributed by atoms with Gasteiger partial charge in [0.15, 0.2) is 5.58 Å². The van der Waals surface area contributed by atoms with E-state index in [4.69, 9.17) is 4.52 Å². The summed E-state index contributed by atoms with van der Waals surface area (Å²) in [6.07, 6.45) is 1.87. The van der Waals surface area contributed by atoms with Crippen LogP contribution in [0.15, 0.2) is 83.4 Å². The Hall–Kier alpha value is -4.36. The maximum atomic E-state index is 13.6. The first-order chi connectivity index (χ1) is 19.1. The standard InChI is InChI=1S/C32H26FN3O3/c33-24-11-12-27-28(17-24)39-34-30(27)21-13-15-35(16-14-21)18-22-7-3-5-20-6-4-8-23(29(20)22)19-36-31(37)25-9-1-2-10-26(25)32(36)38/h1-12,17,21H,13-16,18-19H2. The van der Waals surface area contributed by atoms with Crippen molar-refractivity contribution in [2.75, 3.05) is 13.1 Å². The minimum Gasteiger partial charge on any atom is -0.356 e. The average molecular weight is 520 g/mol. The van der Waals surface area contributed by atoms with Crippen molar-refractivity contribution in [3.05, 3.63) is 113 Å². The summed E-state index contributed by atoms with van der Waals surface area (Å²) in [6, 6.07) is 24.0. The van der Waals surface area contributed by atoms with Crippen molar-refractivity contribution < 1.29 is 18.5 Å². The van der Waals surface area contributed by atoms with Crippen molar-refractivity contribution in [1.82, 2.24) is 15.0 Å². The molecule has 2 aliphatic rings. The molecule has 0 aliphatic carbocycles. The van der Waals surface area contributed by atoms with Crippen LogP contribution in [-0.4, -0.2) is 39.9 Å². The Kier molecular flexibility index (Phi) is 5.74. The third-order valence-corrected chi connectivity index (χ3v) is 8.11. The van der Waals surface area contributed by atoms with Gasteiger partial charge in [0.1, 0.15) is 5.82 Å². The number of hydrogen-bond donors (Lipinski definition) is 0. The quantitative estimate of drug-likeness (QED) is 0.255. The first-order valence-electron chi connectivity index (χ1n) is 13.3. The molecular weight excluding hydrogens is 493 g/mol. The number of fused-ring (bicyclic) bond motifs is 3. The van der Waals surface area contributed by atoms with Gasteiger partial charge in [-0.05, 0) is 72.1 Å². The van der Waals surface area contributed by atoms with Crippen molar-refractivity contribution in [3.8, 4) is 0 Å². The zero-order chi connectivity index (χ0) is 26.5. The Balaban J connectivity index is 1.11. The lowest BCUT2D eigenvalue weighted by molar-refractivity contribution is 0.0643. The van der Waals surface area contributed by atoms with Gasteiger partial charge >= 0.3 is 0 Å². The molecule has 1 saturated heterocycles. The third kappa shape index (κ3) is 4.10. The summed E-state index contributed by atoms with van der Waals surface area (Å²) in [5.74, 6) is -0.534. The molecule has 0 saturated carbocycles. The molecular formula is C32H26FN3O3. The van der Waals surface area contributed by atoms with Crippen molar-refractivity contribution >= 4 is 33.6 Å². The Morgan fingerprint density at radius 3 is 2.18 bits per heavy atom. The fourth-order valence-electron chi connectivity index (χ4n) is 6.15. The van der Waals surface area contributed by atoms with Crippen LogP contribution in [0.25, 0.3) is 21.7 Å². The molecule has 7 rings (SSSR count). The zero-order valence-corrected chi connectivity index (χ0v) is 21.3. The molecule has 0 bridgehead atoms. The van der Waals surface area contributed by atoms with E-state index >= 15 is 0 Å². The van der Waals surface area contributed by atoms with E-state index in [0.717, 1.165) is 59.9 Å². The van der Waals surface area contributed by atoms with Crippen molar-refractivity contribution in [1.29, 1.82) is 0 Å². The predicted octanol–water partition coefficient (Wildman–Crippen LogP) is 6.30. The van der Waals surface area contributed by atoms with E-state index in [2.05, 4.69) is 34.3 Å². The van der Waals surface area contributed by atoms with Crippen LogP contribution in [0.3, 0.4) is 0 Å². The Morgan fingerprint density at radius 1 is 0.821 bits per heavy atom. The minimum absolute atomic E-state index is 0.239. The summed E-state index contributed by atoms with van der Waals surface area (Å²) < 4.78 is 19.0. The van der Waals surface area contributed by atoms with Crippen LogP contribution in [0.5, 0.6) is 0 Å². The second kappa shape index (κ2) is 9.43. The molecule has 39 heavy (non-hydrogen) atoms. The van der Waals surface area contributed by atoms with E-state index < -0.39 is 0 Å². The highest BCUT2D eigenvalue weighted by atomic mass is 19.1. The Morgan fingerprint density at radius 2 is 1.49 bits per heavy atom. The number of benzene rings is 4. The van der Waals surface area contributed by atoms with Crippen molar-refractivity contribution in [3.63, 3.8) is 0 Å². The van der Waals surface area contributed by atoms with Gasteiger partial charge in [-0.1, -0.05) is 53.7 Å². The number of carbonyl (C=O) groups is 2. The summed E-state index contributed by atoms with van der Waals surface area (Å²) in [5, 5.41) is 7.36. The molecule has 2 amide bonds. The Bertz CT molecular complexity index is 1710. The van der Waals surface area contributed by atoms with Gasteiger partial charge in [0.05, 0.1) is 23.4 Å². The third-order valence-electron chi connectivity index (χ3n) is 8.11. The van der Waals surface area contributed by atoms with E-state index in [1.807, 2.05) is 12.1 Å². The summed E-state index contributed by atoms with van der Waals surface area (Å²) in [4.78, 5) is 29.9. The highest BCUT2D eigenvalue weighted by Gasteiger charge is 2.35. The molecule has 0 N–H and O–H groups in total. The number of imide groups is 1. The first kappa shape index (κ1) is 23.7. The maximum absolute atomic E-state index is 13.6. The van der Waals surface area contributed by atoms with Gasteiger partial charge in [0.25, 0.3) is 11.8 Å². The smallest absolute Gasteiger partial charge is 0.261 e. The van der Waals surface area contributed by atoms with Gasteiger partial charge in [-0.15, -0.1) is 0 Å². The average Bonchev–Trinajstić information content (AvgIpc) is 3.48. The molecule has 4 aromatic carbocycles. The van der Waals surface area contributed by atoms with Gasteiger partial charge < -0.3 is 4.52 Å². The number of hydrogen-bond acceptors (Lipinski definition) is 5. The monoisotopic (exact) mass is 519 g/mol. The molecule has 194 valence electrons. The number of aromatic nitrogens is 1. The number of halogens is 1. The van der Waals surface area contributed by atoms with Gasteiger partial charge in [0, 0.05) is 23.9 Å². The molecule has 7 heteroatoms. The minimum atomic E-state index is -0.322. The summed E-state index contributed by atoms with van der Waals surface area (Å²) in [5.41, 5.74) is 4.49. The summed E-state index contributed by atoms with van der Waals surface area (Å²) in [7, 11) is 0. The van der Waals surface area contributed by atoms with Crippen molar-refractivity contribution in [2.24, 2.45) is 0 Å². The summed E-state index contributed by atoms with van der Waals surface area (Å²) >= 11 is 0. The predicted molar refractivity (Wildman–Crippen MR) is 146 cm³/mol. The maximum Gasteiger partial charge on any atom is 0.261 e. The summed E-state index contributed by atoms with van der Waals surface area (Å²) in [6.45, 7) is 2.81. The largest absolute Gasteiger partial charge is 0.356 e. The first-order valence-corrected chi connectivity index (χ1v) is 13.3. The van der Waals surface area contributed by atoms with E-state index in [9.17, 15) is 14.0 Å². The number of piperidine rings is 1. The lowest BCUT2D eigenvalue weighted by Crippen LogP contribution is -2.33. The van der Waals surface area contributed by atoms with Crippen LogP contribution in [0, 0.1) is 5.82 Å². The molecule has 1 aromatic heterocycles. The molecule has 2 aliphatic heterocycles. The molecule has 3 heterocycles. The normalized spacial score (nSPS) is 16.5. The van der Waals surface area contributed by atoms with E-state index in [0.29, 0.717) is 16.7 Å². The number of rotatable bonds is 5. The van der Waals surface area contributed by atoms with Crippen molar-refractivity contribution in [2.45, 2.75) is 31.8 Å². The lowest BCUT2D eigenvalue weighted by atomic mass is 9.91. The number of likely N-dealkylation sites (tertiary alicyclic amines) is 1.